The molecule has 0 saturated heterocycles. The Kier molecular flexibility index (Phi) is 6.11. The van der Waals surface area contributed by atoms with Crippen molar-refractivity contribution < 1.29 is 19.0 Å². The summed E-state index contributed by atoms with van der Waals surface area (Å²) in [6.45, 7) is -0.430. The number of nitrogens with zero attached hydrogens (tertiary/aromatic N) is 2. The molecule has 0 radical (unpaired) electrons. The van der Waals surface area contributed by atoms with E-state index in [1.165, 1.54) is 6.33 Å². The molecule has 0 amide bonds. The van der Waals surface area contributed by atoms with Crippen molar-refractivity contribution in [2.75, 3.05) is 19.8 Å². The molecule has 142 valence electrons. The minimum absolute atomic E-state index is 0.0283. The van der Waals surface area contributed by atoms with Gasteiger partial charge in [-0.05, 0) is 23.8 Å². The van der Waals surface area contributed by atoms with E-state index in [0.29, 0.717) is 21.1 Å². The van der Waals surface area contributed by atoms with Crippen LogP contribution >= 0.6 is 23.2 Å². The lowest BCUT2D eigenvalue weighted by Crippen LogP contribution is -2.15. The van der Waals surface area contributed by atoms with Crippen LogP contribution in [0.25, 0.3) is 11.0 Å². The van der Waals surface area contributed by atoms with Gasteiger partial charge in [0.05, 0.1) is 25.1 Å². The van der Waals surface area contributed by atoms with Gasteiger partial charge in [0, 0.05) is 34.6 Å². The molecule has 3 rings (SSSR count). The van der Waals surface area contributed by atoms with Crippen molar-refractivity contribution in [3.63, 3.8) is 0 Å². The second-order valence-corrected chi connectivity index (χ2v) is 6.90. The van der Waals surface area contributed by atoms with Gasteiger partial charge in [-0.3, -0.25) is 4.79 Å². The van der Waals surface area contributed by atoms with Gasteiger partial charge in [-0.2, -0.15) is 0 Å². The van der Waals surface area contributed by atoms with Crippen LogP contribution < -0.4 is 0 Å². The van der Waals surface area contributed by atoms with Gasteiger partial charge in [0.25, 0.3) is 0 Å². The number of imidazole rings is 1. The Morgan fingerprint density at radius 3 is 2.81 bits per heavy atom. The van der Waals surface area contributed by atoms with Gasteiger partial charge in [-0.15, -0.1) is 0 Å². The van der Waals surface area contributed by atoms with E-state index < -0.39 is 5.82 Å². The van der Waals surface area contributed by atoms with E-state index in [0.717, 1.165) is 0 Å². The van der Waals surface area contributed by atoms with Crippen LogP contribution in [0.1, 0.15) is 21.5 Å². The topological polar surface area (TPSA) is 64.4 Å². The zero-order valence-corrected chi connectivity index (χ0v) is 16.0. The number of ether oxygens (including phenoxy) is 1. The van der Waals surface area contributed by atoms with Crippen molar-refractivity contribution in [2.45, 2.75) is 6.42 Å². The van der Waals surface area contributed by atoms with E-state index in [1.54, 1.807) is 35.9 Å². The Balaban J connectivity index is 2.09. The van der Waals surface area contributed by atoms with Crippen LogP contribution in [0.5, 0.6) is 0 Å². The molecule has 1 aromatic heterocycles. The molecule has 2 aromatic carbocycles. The van der Waals surface area contributed by atoms with E-state index in [4.69, 9.17) is 33.0 Å². The quantitative estimate of drug-likeness (QED) is 0.475. The predicted octanol–water partition coefficient (Wildman–Crippen LogP) is 3.80. The maximum atomic E-state index is 15.2. The van der Waals surface area contributed by atoms with Gasteiger partial charge in [0.15, 0.2) is 11.6 Å². The second-order valence-electron chi connectivity index (χ2n) is 6.05. The molecule has 0 unspecified atom stereocenters. The lowest BCUT2D eigenvalue weighted by molar-refractivity contribution is 0.0663. The first-order chi connectivity index (χ1) is 12.9. The molecule has 0 aliphatic carbocycles. The smallest absolute Gasteiger partial charge is 0.188 e. The molecule has 5 nitrogen and oxygen atoms in total. The standard InChI is InChI=1S/C19H17Cl2FN2O3/c1-24-10-23-19-16(24)8-13(17(26)9-27-5-4-25)14(18(19)22)6-11-2-3-12(20)7-15(11)21/h2-3,7-8,10,25H,4-6,9H2,1H3. The summed E-state index contributed by atoms with van der Waals surface area (Å²) in [6.07, 6.45) is 1.60. The normalized spacial score (nSPS) is 11.3. The largest absolute Gasteiger partial charge is 0.394 e. The number of ketones is 1. The van der Waals surface area contributed by atoms with E-state index in [-0.39, 0.29) is 48.7 Å². The Hall–Kier alpha value is -1.99. The maximum absolute atomic E-state index is 15.2. The highest BCUT2D eigenvalue weighted by Crippen LogP contribution is 2.29. The zero-order valence-electron chi connectivity index (χ0n) is 14.5. The molecule has 27 heavy (non-hydrogen) atoms. The fraction of sp³-hybridized carbons (Fsp3) is 0.263. The minimum atomic E-state index is -0.565. The molecule has 3 aromatic rings. The summed E-state index contributed by atoms with van der Waals surface area (Å²) in [5.74, 6) is -0.949. The molecule has 1 heterocycles. The van der Waals surface area contributed by atoms with Gasteiger partial charge >= 0.3 is 0 Å². The number of fused-ring (bicyclic) bond motifs is 1. The van der Waals surface area contributed by atoms with E-state index in [9.17, 15) is 4.79 Å². The SMILES string of the molecule is Cn1cnc2c(F)c(Cc3ccc(Cl)cc3Cl)c(C(=O)COCCO)cc21. The number of carbonyl (C=O) groups is 1. The van der Waals surface area contributed by atoms with Crippen molar-refractivity contribution in [1.82, 2.24) is 9.55 Å². The number of hydrogen-bond donors (Lipinski definition) is 1. The fourth-order valence-corrected chi connectivity index (χ4v) is 3.32. The van der Waals surface area contributed by atoms with Crippen LogP contribution in [0.2, 0.25) is 10.0 Å². The molecule has 8 heteroatoms. The summed E-state index contributed by atoms with van der Waals surface area (Å²) >= 11 is 12.1. The van der Waals surface area contributed by atoms with Gasteiger partial charge in [0.2, 0.25) is 0 Å². The number of aliphatic hydroxyl groups is 1. The third-order valence-corrected chi connectivity index (χ3v) is 4.80. The summed E-state index contributed by atoms with van der Waals surface area (Å²) in [5, 5.41) is 9.67. The highest BCUT2D eigenvalue weighted by molar-refractivity contribution is 6.35. The number of hydrogen-bond acceptors (Lipinski definition) is 4. The minimum Gasteiger partial charge on any atom is -0.394 e. The van der Waals surface area contributed by atoms with Crippen molar-refractivity contribution >= 4 is 40.0 Å². The van der Waals surface area contributed by atoms with Crippen LogP contribution in [0.4, 0.5) is 4.39 Å². The molecule has 0 spiro atoms. The summed E-state index contributed by atoms with van der Waals surface area (Å²) in [4.78, 5) is 16.7. The van der Waals surface area contributed by atoms with E-state index in [2.05, 4.69) is 4.98 Å². The number of halogens is 3. The maximum Gasteiger partial charge on any atom is 0.188 e. The lowest BCUT2D eigenvalue weighted by atomic mass is 9.95. The summed E-state index contributed by atoms with van der Waals surface area (Å²) < 4.78 is 22.0. The molecular weight excluding hydrogens is 394 g/mol. The fourth-order valence-electron chi connectivity index (χ4n) is 2.85. The summed E-state index contributed by atoms with van der Waals surface area (Å²) in [6, 6.07) is 6.53. The Bertz CT molecular complexity index is 1000. The second kappa shape index (κ2) is 8.35. The van der Waals surface area contributed by atoms with Crippen LogP contribution in [-0.2, 0) is 18.2 Å². The van der Waals surface area contributed by atoms with Crippen LogP contribution in [-0.4, -0.2) is 40.3 Å². The molecular formula is C19H17Cl2FN2O3. The van der Waals surface area contributed by atoms with E-state index in [1.807, 2.05) is 0 Å². The number of Topliss-reactive ketones (excluding diaryl/α,β-unsaturated/α-hetero) is 1. The van der Waals surface area contributed by atoms with Gasteiger partial charge in [-0.1, -0.05) is 29.3 Å². The molecule has 0 fully saturated rings. The Labute approximate surface area is 165 Å². The average molecular weight is 411 g/mol. The van der Waals surface area contributed by atoms with Gasteiger partial charge in [0.1, 0.15) is 12.1 Å². The molecule has 0 aliphatic heterocycles. The van der Waals surface area contributed by atoms with Crippen molar-refractivity contribution in [3.8, 4) is 0 Å². The predicted molar refractivity (Wildman–Crippen MR) is 102 cm³/mol. The Morgan fingerprint density at radius 2 is 2.11 bits per heavy atom. The third kappa shape index (κ3) is 4.14. The number of rotatable bonds is 7. The van der Waals surface area contributed by atoms with Crippen LogP contribution in [0.3, 0.4) is 0 Å². The first-order valence-electron chi connectivity index (χ1n) is 8.20. The highest BCUT2D eigenvalue weighted by atomic mass is 35.5. The van der Waals surface area contributed by atoms with Gasteiger partial charge < -0.3 is 14.4 Å². The summed E-state index contributed by atoms with van der Waals surface area (Å²) in [7, 11) is 1.72. The number of aliphatic hydroxyl groups excluding tert-OH is 1. The molecule has 1 N–H and O–H groups in total. The van der Waals surface area contributed by atoms with Crippen LogP contribution in [0.15, 0.2) is 30.6 Å². The third-order valence-electron chi connectivity index (χ3n) is 4.21. The van der Waals surface area contributed by atoms with Crippen molar-refractivity contribution in [3.05, 3.63) is 63.1 Å². The molecule has 0 saturated carbocycles. The number of benzene rings is 2. The highest BCUT2D eigenvalue weighted by Gasteiger charge is 2.22. The van der Waals surface area contributed by atoms with Gasteiger partial charge in [-0.25, -0.2) is 9.37 Å². The molecule has 0 bridgehead atoms. The Morgan fingerprint density at radius 1 is 1.33 bits per heavy atom. The zero-order chi connectivity index (χ0) is 19.6. The van der Waals surface area contributed by atoms with Crippen LogP contribution in [0, 0.1) is 5.82 Å². The number of aryl methyl sites for hydroxylation is 1. The average Bonchev–Trinajstić information content (AvgIpc) is 3.00. The first kappa shape index (κ1) is 19.8. The van der Waals surface area contributed by atoms with Crippen molar-refractivity contribution in [1.29, 1.82) is 0 Å². The van der Waals surface area contributed by atoms with Crippen molar-refractivity contribution in [2.24, 2.45) is 7.05 Å². The summed E-state index contributed by atoms with van der Waals surface area (Å²) in [5.41, 5.74) is 1.73. The number of carbonyl (C=O) groups excluding carboxylic acids is 1. The molecule has 0 aliphatic rings. The number of aromatic nitrogens is 2. The molecule has 0 atom stereocenters. The van der Waals surface area contributed by atoms with E-state index >= 15 is 4.39 Å². The first-order valence-corrected chi connectivity index (χ1v) is 8.96. The monoisotopic (exact) mass is 410 g/mol. The lowest BCUT2D eigenvalue weighted by Gasteiger charge is -2.13.